The maximum absolute atomic E-state index is 11.5. The van der Waals surface area contributed by atoms with Crippen LogP contribution in [0, 0.1) is 13.8 Å². The van der Waals surface area contributed by atoms with Crippen molar-refractivity contribution in [3.63, 3.8) is 0 Å². The van der Waals surface area contributed by atoms with E-state index >= 15 is 0 Å². The van der Waals surface area contributed by atoms with Crippen LogP contribution in [0.3, 0.4) is 0 Å². The van der Waals surface area contributed by atoms with Crippen molar-refractivity contribution in [3.05, 3.63) is 59.1 Å². The number of para-hydroxylation sites is 1. The molecule has 0 atom stereocenters. The second kappa shape index (κ2) is 11.1. The molecule has 0 aliphatic rings. The maximum Gasteiger partial charge on any atom is 2.00 e. The van der Waals surface area contributed by atoms with Crippen molar-refractivity contribution >= 4 is 11.6 Å². The number of nitrogens with one attached hydrogen (secondary N) is 1. The van der Waals surface area contributed by atoms with Crippen LogP contribution >= 0.6 is 0 Å². The van der Waals surface area contributed by atoms with E-state index in [-0.39, 0.29) is 34.1 Å². The van der Waals surface area contributed by atoms with Gasteiger partial charge in [0.15, 0.2) is 0 Å². The van der Waals surface area contributed by atoms with E-state index in [1.807, 2.05) is 19.9 Å². The molecule has 8 heteroatoms. The molecule has 2 aromatic rings. The molecule has 0 aliphatic heterocycles. The number of hydrogen-bond acceptors (Lipinski definition) is 6. The normalized spacial score (nSPS) is 12.1. The quantitative estimate of drug-likeness (QED) is 0.268. The molecule has 0 fully saturated rings. The third-order valence-electron chi connectivity index (χ3n) is 2.68. The van der Waals surface area contributed by atoms with Gasteiger partial charge < -0.3 is 15.3 Å². The van der Waals surface area contributed by atoms with Crippen LogP contribution in [-0.4, -0.2) is 26.9 Å². The summed E-state index contributed by atoms with van der Waals surface area (Å²) in [5.41, 5.74) is 2.59. The molecular formula is C17H20CuN4O3. The monoisotopic (exact) mass is 391 g/mol. The van der Waals surface area contributed by atoms with Gasteiger partial charge in [-0.25, -0.2) is 0 Å². The van der Waals surface area contributed by atoms with Crippen LogP contribution in [0.2, 0.25) is 0 Å². The Kier molecular flexibility index (Phi) is 9.93. The number of aromatic amines is 1. The number of allylic oxidation sites excluding steroid dienone is 2. The zero-order valence-electron chi connectivity index (χ0n) is 14.4. The standard InChI is InChI=1S/C12H14N2O3.C5H8N2.Cu/c1-8(7-9(2)15)13-14-12(17)10-5-3-4-6-11(10)16;1-4-3-5(2)7-6-4;/h3-7,15-16H,1-2H3,(H,14,17);3H,1-2H3,(H,6,7);/q;;+2/p-2/b9-7-,13-8+;;. The fourth-order valence-electron chi connectivity index (χ4n) is 1.71. The molecule has 0 unspecified atom stereocenters. The molecule has 2 rings (SSSR count). The zero-order chi connectivity index (χ0) is 18.1. The molecule has 1 aromatic carbocycles. The number of aromatic hydroxyl groups is 1. The minimum Gasteiger partial charge on any atom is -0.876 e. The molecule has 137 valence electrons. The number of aryl methyl sites for hydroxylation is 2. The van der Waals surface area contributed by atoms with Crippen molar-refractivity contribution in [2.24, 2.45) is 10.2 Å². The Hall–Kier alpha value is -2.57. The number of phenols is 1. The van der Waals surface area contributed by atoms with E-state index in [0.717, 1.165) is 11.4 Å². The number of H-pyrrole nitrogens is 1. The molecule has 0 saturated heterocycles. The Morgan fingerprint density at radius 1 is 1.16 bits per heavy atom. The largest absolute Gasteiger partial charge is 2.00 e. The summed E-state index contributed by atoms with van der Waals surface area (Å²) in [6, 6.07) is 8.05. The van der Waals surface area contributed by atoms with E-state index in [2.05, 4.69) is 20.4 Å². The number of phenolic OH excluding ortho intramolecular Hbond substituents is 1. The SMILES string of the molecule is C/C([O-])=C/C(C)=N/N=C(\[O-])c1ccccc1O.Cc1cc(C)[nH]n1.[Cu+2]. The van der Waals surface area contributed by atoms with Crippen molar-refractivity contribution < 1.29 is 32.4 Å². The molecule has 1 radical (unpaired) electrons. The van der Waals surface area contributed by atoms with E-state index < -0.39 is 5.90 Å². The zero-order valence-corrected chi connectivity index (χ0v) is 15.3. The van der Waals surface area contributed by atoms with Crippen molar-refractivity contribution in [1.82, 2.24) is 10.2 Å². The minimum atomic E-state index is -0.653. The smallest absolute Gasteiger partial charge is 0.876 e. The van der Waals surface area contributed by atoms with Crippen molar-refractivity contribution in [2.45, 2.75) is 27.7 Å². The van der Waals surface area contributed by atoms with Crippen LogP contribution in [0.15, 0.2) is 52.4 Å². The molecule has 0 bridgehead atoms. The Morgan fingerprint density at radius 3 is 2.24 bits per heavy atom. The molecule has 0 aliphatic carbocycles. The Labute approximate surface area is 157 Å². The third kappa shape index (κ3) is 8.74. The van der Waals surface area contributed by atoms with Gasteiger partial charge in [-0.3, -0.25) is 5.10 Å². The summed E-state index contributed by atoms with van der Waals surface area (Å²) >= 11 is 0. The number of rotatable bonds is 3. The van der Waals surface area contributed by atoms with Gasteiger partial charge in [0.2, 0.25) is 0 Å². The number of hydrogen-bond donors (Lipinski definition) is 2. The van der Waals surface area contributed by atoms with Gasteiger partial charge in [0.1, 0.15) is 5.75 Å². The number of benzene rings is 1. The molecule has 7 nitrogen and oxygen atoms in total. The van der Waals surface area contributed by atoms with E-state index in [1.165, 1.54) is 25.1 Å². The van der Waals surface area contributed by atoms with E-state index in [9.17, 15) is 15.3 Å². The van der Waals surface area contributed by atoms with Gasteiger partial charge in [0.05, 0.1) is 11.4 Å². The molecule has 1 aromatic heterocycles. The fraction of sp³-hybridized carbons (Fsp3) is 0.235. The second-order valence-corrected chi connectivity index (χ2v) is 5.11. The van der Waals surface area contributed by atoms with Crippen LogP contribution in [0.5, 0.6) is 5.75 Å². The van der Waals surface area contributed by atoms with E-state index in [0.29, 0.717) is 5.71 Å². The van der Waals surface area contributed by atoms with E-state index in [1.54, 1.807) is 19.1 Å². The number of aromatic nitrogens is 2. The Balaban J connectivity index is 0.000000603. The third-order valence-corrected chi connectivity index (χ3v) is 2.68. The summed E-state index contributed by atoms with van der Waals surface area (Å²) in [4.78, 5) is 0. The van der Waals surface area contributed by atoms with Crippen LogP contribution in [0.25, 0.3) is 0 Å². The van der Waals surface area contributed by atoms with Gasteiger partial charge in [0.25, 0.3) is 0 Å². The average molecular weight is 392 g/mol. The van der Waals surface area contributed by atoms with Crippen molar-refractivity contribution in [3.8, 4) is 5.75 Å². The molecule has 25 heavy (non-hydrogen) atoms. The summed E-state index contributed by atoms with van der Waals surface area (Å²) in [5.74, 6) is -0.972. The Morgan fingerprint density at radius 2 is 1.80 bits per heavy atom. The van der Waals surface area contributed by atoms with Gasteiger partial charge in [0, 0.05) is 17.2 Å². The summed E-state index contributed by atoms with van der Waals surface area (Å²) < 4.78 is 0. The van der Waals surface area contributed by atoms with Crippen LogP contribution in [-0.2, 0) is 17.1 Å². The second-order valence-electron chi connectivity index (χ2n) is 5.11. The van der Waals surface area contributed by atoms with Gasteiger partial charge in [-0.15, -0.1) is 5.76 Å². The first kappa shape index (κ1) is 22.4. The predicted octanol–water partition coefficient (Wildman–Crippen LogP) is 1.16. The average Bonchev–Trinajstić information content (AvgIpc) is 2.88. The summed E-state index contributed by atoms with van der Waals surface area (Å²) in [5, 5.41) is 45.4. The molecule has 0 saturated carbocycles. The summed E-state index contributed by atoms with van der Waals surface area (Å²) in [7, 11) is 0. The fourth-order valence-corrected chi connectivity index (χ4v) is 1.71. The van der Waals surface area contributed by atoms with Crippen molar-refractivity contribution in [2.75, 3.05) is 0 Å². The predicted molar refractivity (Wildman–Crippen MR) is 89.6 cm³/mol. The first-order chi connectivity index (χ1) is 11.3. The topological polar surface area (TPSA) is 120 Å². The van der Waals surface area contributed by atoms with Gasteiger partial charge >= 0.3 is 17.1 Å². The minimum absolute atomic E-state index is 0. The first-order valence-corrected chi connectivity index (χ1v) is 7.21. The molecule has 0 spiro atoms. The molecular weight excluding hydrogens is 372 g/mol. The van der Waals surface area contributed by atoms with Gasteiger partial charge in [-0.2, -0.15) is 15.3 Å². The van der Waals surface area contributed by atoms with Crippen molar-refractivity contribution in [1.29, 1.82) is 0 Å². The van der Waals surface area contributed by atoms with E-state index in [4.69, 9.17) is 0 Å². The first-order valence-electron chi connectivity index (χ1n) is 7.21. The molecule has 0 amide bonds. The van der Waals surface area contributed by atoms with Gasteiger partial charge in [-0.1, -0.05) is 31.2 Å². The molecule has 1 heterocycles. The Bertz CT molecular complexity index is 746. The number of nitrogens with zero attached hydrogens (tertiary/aromatic N) is 3. The van der Waals surface area contributed by atoms with Crippen LogP contribution in [0.4, 0.5) is 0 Å². The van der Waals surface area contributed by atoms with Crippen LogP contribution < -0.4 is 10.2 Å². The maximum atomic E-state index is 11.5. The van der Waals surface area contributed by atoms with Crippen LogP contribution in [0.1, 0.15) is 30.8 Å². The summed E-state index contributed by atoms with van der Waals surface area (Å²) in [6.07, 6.45) is 1.27. The van der Waals surface area contributed by atoms with Gasteiger partial charge in [-0.05, 0) is 32.9 Å². The summed E-state index contributed by atoms with van der Waals surface area (Å²) in [6.45, 7) is 6.89. The molecule has 2 N–H and O–H groups in total.